The van der Waals surface area contributed by atoms with Crippen LogP contribution < -0.4 is 0 Å². The van der Waals surface area contributed by atoms with Crippen LogP contribution in [0, 0.1) is 11.6 Å². The van der Waals surface area contributed by atoms with Crippen LogP contribution in [0.1, 0.15) is 24.8 Å². The molecule has 3 heteroatoms. The molecule has 86 valence electrons. The Labute approximate surface area is 93.4 Å². The second kappa shape index (κ2) is 4.74. The lowest BCUT2D eigenvalue weighted by molar-refractivity contribution is 0.205. The Morgan fingerprint density at radius 1 is 1.25 bits per heavy atom. The summed E-state index contributed by atoms with van der Waals surface area (Å²) in [5.74, 6) is -1.17. The third kappa shape index (κ3) is 2.30. The van der Waals surface area contributed by atoms with E-state index in [4.69, 9.17) is 0 Å². The first-order chi connectivity index (χ1) is 7.68. The third-order valence-corrected chi connectivity index (χ3v) is 2.96. The van der Waals surface area contributed by atoms with E-state index in [-0.39, 0.29) is 12.0 Å². The van der Waals surface area contributed by atoms with Crippen molar-refractivity contribution in [2.75, 3.05) is 0 Å². The minimum Gasteiger partial charge on any atom is -0.388 e. The second-order valence-corrected chi connectivity index (χ2v) is 4.09. The van der Waals surface area contributed by atoms with Gasteiger partial charge < -0.3 is 5.11 Å². The molecule has 0 fully saturated rings. The van der Waals surface area contributed by atoms with E-state index in [9.17, 15) is 13.9 Å². The van der Waals surface area contributed by atoms with E-state index in [1.165, 1.54) is 18.2 Å². The van der Waals surface area contributed by atoms with Crippen molar-refractivity contribution in [3.8, 4) is 0 Å². The van der Waals surface area contributed by atoms with Crippen LogP contribution in [-0.2, 0) is 6.42 Å². The Bertz CT molecular complexity index is 392. The molecule has 1 atom stereocenters. The van der Waals surface area contributed by atoms with Gasteiger partial charge in [0.25, 0.3) is 0 Å². The molecule has 1 N–H and O–H groups in total. The summed E-state index contributed by atoms with van der Waals surface area (Å²) in [6.07, 6.45) is 4.03. The van der Waals surface area contributed by atoms with Crippen molar-refractivity contribution in [1.29, 1.82) is 0 Å². The fourth-order valence-corrected chi connectivity index (χ4v) is 2.05. The van der Waals surface area contributed by atoms with Crippen LogP contribution in [0.15, 0.2) is 29.8 Å². The molecule has 0 spiro atoms. The van der Waals surface area contributed by atoms with Crippen molar-refractivity contribution in [3.63, 3.8) is 0 Å². The van der Waals surface area contributed by atoms with Gasteiger partial charge in [-0.2, -0.15) is 0 Å². The van der Waals surface area contributed by atoms with Crippen molar-refractivity contribution in [2.45, 2.75) is 31.8 Å². The van der Waals surface area contributed by atoms with Gasteiger partial charge in [-0.25, -0.2) is 8.78 Å². The van der Waals surface area contributed by atoms with E-state index in [1.807, 2.05) is 6.08 Å². The highest BCUT2D eigenvalue weighted by molar-refractivity contribution is 5.24. The van der Waals surface area contributed by atoms with Gasteiger partial charge >= 0.3 is 0 Å². The van der Waals surface area contributed by atoms with Crippen LogP contribution in [0.25, 0.3) is 0 Å². The summed E-state index contributed by atoms with van der Waals surface area (Å²) in [5.41, 5.74) is 0.880. The highest BCUT2D eigenvalue weighted by atomic mass is 19.1. The molecule has 0 saturated heterocycles. The molecule has 0 aliphatic heterocycles. The fourth-order valence-electron chi connectivity index (χ4n) is 2.05. The maximum absolute atomic E-state index is 13.3. The molecule has 1 aliphatic rings. The maximum atomic E-state index is 13.3. The predicted octanol–water partition coefficient (Wildman–Crippen LogP) is 2.98. The standard InChI is InChI=1S/C13H14F2O/c14-11-6-3-7-12(15)10(11)8-13(16)9-4-1-2-5-9/h3-4,6-7,13,16H,1-2,5,8H2. The van der Waals surface area contributed by atoms with Gasteiger partial charge in [0.15, 0.2) is 0 Å². The van der Waals surface area contributed by atoms with Crippen LogP contribution in [0.3, 0.4) is 0 Å². The average molecular weight is 224 g/mol. The van der Waals surface area contributed by atoms with Crippen LogP contribution in [0.4, 0.5) is 8.78 Å². The lowest BCUT2D eigenvalue weighted by Gasteiger charge is -2.13. The number of aliphatic hydroxyl groups excluding tert-OH is 1. The number of halogens is 2. The zero-order chi connectivity index (χ0) is 11.5. The van der Waals surface area contributed by atoms with Crippen molar-refractivity contribution in [3.05, 3.63) is 47.0 Å². The van der Waals surface area contributed by atoms with Gasteiger partial charge in [-0.05, 0) is 37.0 Å². The van der Waals surface area contributed by atoms with Crippen LogP contribution in [0.5, 0.6) is 0 Å². The smallest absolute Gasteiger partial charge is 0.129 e. The van der Waals surface area contributed by atoms with E-state index < -0.39 is 17.7 Å². The molecule has 1 aromatic rings. The molecule has 2 rings (SSSR count). The highest BCUT2D eigenvalue weighted by Gasteiger charge is 2.18. The Hall–Kier alpha value is -1.22. The summed E-state index contributed by atoms with van der Waals surface area (Å²) >= 11 is 0. The quantitative estimate of drug-likeness (QED) is 0.782. The molecule has 0 amide bonds. The normalized spacial score (nSPS) is 17.3. The minimum atomic E-state index is -0.756. The van der Waals surface area contributed by atoms with E-state index >= 15 is 0 Å². The first-order valence-corrected chi connectivity index (χ1v) is 5.48. The first kappa shape index (κ1) is 11.3. The number of allylic oxidation sites excluding steroid dienone is 1. The zero-order valence-electron chi connectivity index (χ0n) is 8.92. The Balaban J connectivity index is 2.14. The summed E-state index contributed by atoms with van der Waals surface area (Å²) in [5, 5.41) is 9.85. The summed E-state index contributed by atoms with van der Waals surface area (Å²) < 4.78 is 26.7. The molecule has 0 aromatic heterocycles. The van der Waals surface area contributed by atoms with Crippen molar-refractivity contribution >= 4 is 0 Å². The topological polar surface area (TPSA) is 20.2 Å². The number of hydrogen-bond acceptors (Lipinski definition) is 1. The van der Waals surface area contributed by atoms with Gasteiger partial charge in [-0.1, -0.05) is 12.1 Å². The van der Waals surface area contributed by atoms with Crippen molar-refractivity contribution < 1.29 is 13.9 Å². The maximum Gasteiger partial charge on any atom is 0.129 e. The number of aliphatic hydroxyl groups is 1. The summed E-state index contributed by atoms with van der Waals surface area (Å²) in [6.45, 7) is 0. The molecule has 1 aliphatic carbocycles. The summed E-state index contributed by atoms with van der Waals surface area (Å²) in [4.78, 5) is 0. The Morgan fingerprint density at radius 3 is 2.50 bits per heavy atom. The number of hydrogen-bond donors (Lipinski definition) is 1. The Kier molecular flexibility index (Phi) is 3.34. The highest BCUT2D eigenvalue weighted by Crippen LogP contribution is 2.24. The van der Waals surface area contributed by atoms with Gasteiger partial charge in [0.1, 0.15) is 11.6 Å². The number of rotatable bonds is 3. The van der Waals surface area contributed by atoms with Crippen LogP contribution in [-0.4, -0.2) is 11.2 Å². The van der Waals surface area contributed by atoms with Gasteiger partial charge in [-0.15, -0.1) is 0 Å². The molecule has 0 radical (unpaired) electrons. The SMILES string of the molecule is OC(Cc1c(F)cccc1F)C1=CCCC1. The molecule has 0 bridgehead atoms. The average Bonchev–Trinajstić information content (AvgIpc) is 2.76. The molecule has 16 heavy (non-hydrogen) atoms. The van der Waals surface area contributed by atoms with Crippen molar-refractivity contribution in [1.82, 2.24) is 0 Å². The largest absolute Gasteiger partial charge is 0.388 e. The fraction of sp³-hybridized carbons (Fsp3) is 0.385. The summed E-state index contributed by atoms with van der Waals surface area (Å²) in [6, 6.07) is 3.76. The molecule has 1 unspecified atom stereocenters. The van der Waals surface area contributed by atoms with E-state index in [2.05, 4.69) is 0 Å². The minimum absolute atomic E-state index is 0.0182. The predicted molar refractivity (Wildman–Crippen MR) is 58.0 cm³/mol. The molecule has 1 aromatic carbocycles. The van der Waals surface area contributed by atoms with Gasteiger partial charge in [0.05, 0.1) is 6.10 Å². The third-order valence-electron chi connectivity index (χ3n) is 2.96. The van der Waals surface area contributed by atoms with Crippen LogP contribution in [0.2, 0.25) is 0 Å². The zero-order valence-corrected chi connectivity index (χ0v) is 8.92. The lowest BCUT2D eigenvalue weighted by atomic mass is 10.0. The van der Waals surface area contributed by atoms with E-state index in [0.717, 1.165) is 24.8 Å². The van der Waals surface area contributed by atoms with Crippen molar-refractivity contribution in [2.24, 2.45) is 0 Å². The summed E-state index contributed by atoms with van der Waals surface area (Å²) in [7, 11) is 0. The number of benzene rings is 1. The van der Waals surface area contributed by atoms with Gasteiger partial charge in [-0.3, -0.25) is 0 Å². The van der Waals surface area contributed by atoms with Gasteiger partial charge in [0, 0.05) is 12.0 Å². The van der Waals surface area contributed by atoms with E-state index in [1.54, 1.807) is 0 Å². The Morgan fingerprint density at radius 2 is 1.94 bits per heavy atom. The lowest BCUT2D eigenvalue weighted by Crippen LogP contribution is -2.14. The van der Waals surface area contributed by atoms with Crippen LogP contribution >= 0.6 is 0 Å². The van der Waals surface area contributed by atoms with E-state index in [0.29, 0.717) is 0 Å². The molecular weight excluding hydrogens is 210 g/mol. The molecule has 0 heterocycles. The molecular formula is C13H14F2O. The second-order valence-electron chi connectivity index (χ2n) is 4.09. The first-order valence-electron chi connectivity index (χ1n) is 5.48. The molecule has 1 nitrogen and oxygen atoms in total. The monoisotopic (exact) mass is 224 g/mol. The molecule has 0 saturated carbocycles. The van der Waals surface area contributed by atoms with Gasteiger partial charge in [0.2, 0.25) is 0 Å².